The van der Waals surface area contributed by atoms with E-state index in [1.54, 1.807) is 13.2 Å². The second-order valence-corrected chi connectivity index (χ2v) is 7.51. The minimum Gasteiger partial charge on any atom is -0.469 e. The lowest BCUT2D eigenvalue weighted by Crippen LogP contribution is -2.41. The number of likely N-dealkylation sites (tertiary alicyclic amines) is 1. The summed E-state index contributed by atoms with van der Waals surface area (Å²) in [6.45, 7) is 5.25. The Bertz CT molecular complexity index is 907. The van der Waals surface area contributed by atoms with Crippen LogP contribution in [0.2, 0.25) is 0 Å². The van der Waals surface area contributed by atoms with Crippen molar-refractivity contribution >= 4 is 5.91 Å². The molecule has 1 unspecified atom stereocenters. The molecule has 1 atom stereocenters. The third-order valence-electron chi connectivity index (χ3n) is 5.46. The smallest absolute Gasteiger partial charge is 0.230 e. The fourth-order valence-electron chi connectivity index (χ4n) is 3.82. The molecule has 0 saturated carbocycles. The summed E-state index contributed by atoms with van der Waals surface area (Å²) in [5.74, 6) is 2.25. The van der Waals surface area contributed by atoms with Crippen molar-refractivity contribution < 1.29 is 13.6 Å². The van der Waals surface area contributed by atoms with E-state index < -0.39 is 0 Å². The van der Waals surface area contributed by atoms with Crippen molar-refractivity contribution in [2.24, 2.45) is 0 Å². The minimum atomic E-state index is -0.242. The quantitative estimate of drug-likeness (QED) is 0.670. The summed E-state index contributed by atoms with van der Waals surface area (Å²) < 4.78 is 11.1. The van der Waals surface area contributed by atoms with Gasteiger partial charge >= 0.3 is 0 Å². The van der Waals surface area contributed by atoms with E-state index in [1.807, 2.05) is 17.0 Å². The molecule has 0 bridgehead atoms. The van der Waals surface area contributed by atoms with Crippen molar-refractivity contribution in [3.8, 4) is 0 Å². The Hall–Kier alpha value is -2.89. The Labute approximate surface area is 164 Å². The fraction of sp³-hybridized carbons (Fsp3) is 0.409. The zero-order valence-corrected chi connectivity index (χ0v) is 16.3. The molecule has 1 aliphatic rings. The molecule has 28 heavy (non-hydrogen) atoms. The summed E-state index contributed by atoms with van der Waals surface area (Å²) in [5.41, 5.74) is 2.21. The first kappa shape index (κ1) is 18.5. The number of hydrogen-bond donors (Lipinski definition) is 0. The van der Waals surface area contributed by atoms with E-state index in [-0.39, 0.29) is 17.7 Å². The molecular weight excluding hydrogens is 354 g/mol. The lowest BCUT2D eigenvalue weighted by atomic mass is 9.90. The van der Waals surface area contributed by atoms with E-state index in [1.165, 1.54) is 5.56 Å². The number of hydrogen-bond acceptors (Lipinski definition) is 5. The van der Waals surface area contributed by atoms with Crippen LogP contribution in [0.4, 0.5) is 0 Å². The third kappa shape index (κ3) is 4.01. The van der Waals surface area contributed by atoms with E-state index in [0.717, 1.165) is 24.2 Å². The maximum atomic E-state index is 13.4. The fourth-order valence-corrected chi connectivity index (χ4v) is 3.82. The second kappa shape index (κ2) is 8.00. The van der Waals surface area contributed by atoms with Gasteiger partial charge in [-0.15, -0.1) is 10.2 Å². The summed E-state index contributed by atoms with van der Waals surface area (Å²) in [6, 6.07) is 12.0. The Morgan fingerprint density at radius 1 is 1.14 bits per heavy atom. The zero-order valence-electron chi connectivity index (χ0n) is 16.3. The molecule has 1 aliphatic heterocycles. The van der Waals surface area contributed by atoms with Gasteiger partial charge in [0, 0.05) is 32.4 Å². The van der Waals surface area contributed by atoms with Crippen LogP contribution in [0, 0.1) is 13.8 Å². The molecule has 3 heterocycles. The highest BCUT2D eigenvalue weighted by Gasteiger charge is 2.32. The molecule has 146 valence electrons. The second-order valence-electron chi connectivity index (χ2n) is 7.51. The first-order valence-corrected chi connectivity index (χ1v) is 9.78. The van der Waals surface area contributed by atoms with Crippen molar-refractivity contribution in [3.63, 3.8) is 0 Å². The number of aryl methyl sites for hydroxylation is 2. The standard InChI is InChI=1S/C22H25N3O3/c1-15-5-7-17(8-6-15)20(14-19-4-3-13-27-19)22(26)25-11-9-18(10-12-25)21-24-23-16(2)28-21/h3-8,13,18,20H,9-12,14H2,1-2H3. The average molecular weight is 379 g/mol. The summed E-state index contributed by atoms with van der Waals surface area (Å²) >= 11 is 0. The van der Waals surface area contributed by atoms with Crippen LogP contribution in [0.3, 0.4) is 0 Å². The Morgan fingerprint density at radius 3 is 2.50 bits per heavy atom. The maximum absolute atomic E-state index is 13.4. The average Bonchev–Trinajstić information content (AvgIpc) is 3.38. The van der Waals surface area contributed by atoms with Gasteiger partial charge in [-0.05, 0) is 37.5 Å². The number of piperidine rings is 1. The SMILES string of the molecule is Cc1ccc(C(Cc2ccco2)C(=O)N2CCC(c3nnc(C)o3)CC2)cc1. The van der Waals surface area contributed by atoms with Gasteiger partial charge in [0.1, 0.15) is 5.76 Å². The molecule has 0 radical (unpaired) electrons. The summed E-state index contributed by atoms with van der Waals surface area (Å²) in [5, 5.41) is 8.07. The van der Waals surface area contributed by atoms with Gasteiger partial charge in [-0.2, -0.15) is 0 Å². The van der Waals surface area contributed by atoms with Crippen molar-refractivity contribution in [2.45, 2.75) is 44.9 Å². The molecule has 6 nitrogen and oxygen atoms in total. The topological polar surface area (TPSA) is 72.4 Å². The molecule has 4 rings (SSSR count). The summed E-state index contributed by atoms with van der Waals surface area (Å²) in [4.78, 5) is 15.4. The van der Waals surface area contributed by atoms with Crippen LogP contribution < -0.4 is 0 Å². The van der Waals surface area contributed by atoms with E-state index in [4.69, 9.17) is 8.83 Å². The highest BCUT2D eigenvalue weighted by molar-refractivity contribution is 5.84. The van der Waals surface area contributed by atoms with Crippen molar-refractivity contribution in [2.75, 3.05) is 13.1 Å². The Kier molecular flexibility index (Phi) is 5.28. The molecule has 1 saturated heterocycles. The van der Waals surface area contributed by atoms with Crippen LogP contribution in [0.1, 0.15) is 53.3 Å². The van der Waals surface area contributed by atoms with Gasteiger partial charge in [-0.3, -0.25) is 4.79 Å². The van der Waals surface area contributed by atoms with Crippen LogP contribution in [0.15, 0.2) is 51.5 Å². The number of nitrogens with zero attached hydrogens (tertiary/aromatic N) is 3. The van der Waals surface area contributed by atoms with Gasteiger partial charge in [0.2, 0.25) is 17.7 Å². The molecule has 0 N–H and O–H groups in total. The van der Waals surface area contributed by atoms with Crippen molar-refractivity contribution in [3.05, 3.63) is 71.3 Å². The molecular formula is C22H25N3O3. The largest absolute Gasteiger partial charge is 0.469 e. The molecule has 1 fully saturated rings. The number of carbonyl (C=O) groups is 1. The number of rotatable bonds is 5. The van der Waals surface area contributed by atoms with E-state index in [0.29, 0.717) is 31.3 Å². The van der Waals surface area contributed by atoms with Crippen LogP contribution in [-0.4, -0.2) is 34.1 Å². The van der Waals surface area contributed by atoms with Crippen molar-refractivity contribution in [1.29, 1.82) is 0 Å². The van der Waals surface area contributed by atoms with Gasteiger partial charge < -0.3 is 13.7 Å². The first-order chi connectivity index (χ1) is 13.6. The van der Waals surface area contributed by atoms with Crippen LogP contribution in [0.25, 0.3) is 0 Å². The Balaban J connectivity index is 1.48. The number of carbonyl (C=O) groups excluding carboxylic acids is 1. The van der Waals surface area contributed by atoms with Gasteiger partial charge in [0.15, 0.2) is 0 Å². The third-order valence-corrected chi connectivity index (χ3v) is 5.46. The van der Waals surface area contributed by atoms with E-state index >= 15 is 0 Å². The van der Waals surface area contributed by atoms with Gasteiger partial charge in [-0.1, -0.05) is 29.8 Å². The predicted octanol–water partition coefficient (Wildman–Crippen LogP) is 4.01. The minimum absolute atomic E-state index is 0.153. The van der Waals surface area contributed by atoms with Crippen molar-refractivity contribution in [1.82, 2.24) is 15.1 Å². The normalized spacial score (nSPS) is 16.3. The highest BCUT2D eigenvalue weighted by atomic mass is 16.4. The maximum Gasteiger partial charge on any atom is 0.230 e. The van der Waals surface area contributed by atoms with Crippen LogP contribution >= 0.6 is 0 Å². The zero-order chi connectivity index (χ0) is 19.5. The van der Waals surface area contributed by atoms with Crippen LogP contribution in [-0.2, 0) is 11.2 Å². The Morgan fingerprint density at radius 2 is 1.89 bits per heavy atom. The number of benzene rings is 1. The van der Waals surface area contributed by atoms with Gasteiger partial charge in [-0.25, -0.2) is 0 Å². The highest BCUT2D eigenvalue weighted by Crippen LogP contribution is 2.30. The molecule has 6 heteroatoms. The molecule has 3 aromatic rings. The van der Waals surface area contributed by atoms with E-state index in [9.17, 15) is 4.79 Å². The molecule has 0 aliphatic carbocycles. The molecule has 1 amide bonds. The predicted molar refractivity (Wildman–Crippen MR) is 104 cm³/mol. The number of furan rings is 1. The summed E-state index contributed by atoms with van der Waals surface area (Å²) in [6.07, 6.45) is 3.91. The number of amides is 1. The number of aromatic nitrogens is 2. The molecule has 2 aromatic heterocycles. The lowest BCUT2D eigenvalue weighted by Gasteiger charge is -2.33. The molecule has 0 spiro atoms. The van der Waals surface area contributed by atoms with Crippen LogP contribution in [0.5, 0.6) is 0 Å². The molecule has 1 aromatic carbocycles. The first-order valence-electron chi connectivity index (χ1n) is 9.78. The van der Waals surface area contributed by atoms with E-state index in [2.05, 4.69) is 41.4 Å². The van der Waals surface area contributed by atoms with Gasteiger partial charge in [0.25, 0.3) is 0 Å². The lowest BCUT2D eigenvalue weighted by molar-refractivity contribution is -0.134. The monoisotopic (exact) mass is 379 g/mol. The summed E-state index contributed by atoms with van der Waals surface area (Å²) in [7, 11) is 0. The van der Waals surface area contributed by atoms with Gasteiger partial charge in [0.05, 0.1) is 12.2 Å².